The number of rotatable bonds is 4. The molecule has 0 saturated heterocycles. The fourth-order valence-corrected chi connectivity index (χ4v) is 1.75. The van der Waals surface area contributed by atoms with E-state index in [0.29, 0.717) is 0 Å². The molecule has 0 spiro atoms. The van der Waals surface area contributed by atoms with Crippen LogP contribution in [-0.2, 0) is 0 Å². The highest BCUT2D eigenvalue weighted by molar-refractivity contribution is 5.91. The molecule has 0 aliphatic heterocycles. The maximum atomic E-state index is 7.57. The standard InChI is InChI=1S/C14H16N4.C2H6O/c1-3-5-8-16-13-11-9-10(4-2)6-7-12(11)17-14(15)18-13;1-2-3/h2,6-7,9H,3,5,8H2,1H3,(H3,15,16,17,18);3H,2H2,1H3. The molecule has 21 heavy (non-hydrogen) atoms. The van der Waals surface area contributed by atoms with Crippen LogP contribution in [0.15, 0.2) is 18.2 Å². The van der Waals surface area contributed by atoms with Crippen LogP contribution in [-0.4, -0.2) is 28.2 Å². The third-order valence-electron chi connectivity index (χ3n) is 2.70. The van der Waals surface area contributed by atoms with Gasteiger partial charge in [0.2, 0.25) is 5.95 Å². The second kappa shape index (κ2) is 8.77. The molecule has 0 saturated carbocycles. The van der Waals surface area contributed by atoms with Crippen molar-refractivity contribution in [3.8, 4) is 12.3 Å². The van der Waals surface area contributed by atoms with E-state index in [4.69, 9.17) is 17.3 Å². The monoisotopic (exact) mass is 286 g/mol. The summed E-state index contributed by atoms with van der Waals surface area (Å²) in [7, 11) is 0. The molecule has 0 atom stereocenters. The van der Waals surface area contributed by atoms with Crippen LogP contribution in [0, 0.1) is 12.3 Å². The summed E-state index contributed by atoms with van der Waals surface area (Å²) in [5.74, 6) is 3.64. The van der Waals surface area contributed by atoms with Gasteiger partial charge in [-0.25, -0.2) is 4.98 Å². The van der Waals surface area contributed by atoms with E-state index in [1.54, 1.807) is 6.92 Å². The molecule has 5 heteroatoms. The van der Waals surface area contributed by atoms with Crippen LogP contribution in [0.5, 0.6) is 0 Å². The topological polar surface area (TPSA) is 84.1 Å². The Morgan fingerprint density at radius 2 is 2.05 bits per heavy atom. The van der Waals surface area contributed by atoms with Gasteiger partial charge >= 0.3 is 0 Å². The normalized spacial score (nSPS) is 9.62. The van der Waals surface area contributed by atoms with Crippen LogP contribution in [0.1, 0.15) is 32.3 Å². The number of benzene rings is 1. The van der Waals surface area contributed by atoms with Gasteiger partial charge in [0, 0.05) is 24.1 Å². The van der Waals surface area contributed by atoms with Crippen molar-refractivity contribution in [1.29, 1.82) is 0 Å². The molecule has 0 bridgehead atoms. The number of nitrogens with one attached hydrogen (secondary N) is 1. The fourth-order valence-electron chi connectivity index (χ4n) is 1.75. The molecular formula is C16H22N4O. The van der Waals surface area contributed by atoms with E-state index in [1.165, 1.54) is 0 Å². The smallest absolute Gasteiger partial charge is 0.222 e. The van der Waals surface area contributed by atoms with Gasteiger partial charge in [-0.2, -0.15) is 4.98 Å². The Balaban J connectivity index is 0.000000677. The Morgan fingerprint density at radius 3 is 2.67 bits per heavy atom. The van der Waals surface area contributed by atoms with Gasteiger partial charge in [-0.15, -0.1) is 6.42 Å². The molecule has 0 aliphatic carbocycles. The third kappa shape index (κ3) is 4.93. The van der Waals surface area contributed by atoms with Crippen molar-refractivity contribution in [1.82, 2.24) is 9.97 Å². The van der Waals surface area contributed by atoms with Crippen molar-refractivity contribution in [2.24, 2.45) is 0 Å². The Bertz CT molecular complexity index is 619. The lowest BCUT2D eigenvalue weighted by Crippen LogP contribution is -2.06. The highest BCUT2D eigenvalue weighted by Crippen LogP contribution is 2.22. The Morgan fingerprint density at radius 1 is 1.33 bits per heavy atom. The highest BCUT2D eigenvalue weighted by atomic mass is 16.2. The van der Waals surface area contributed by atoms with E-state index in [2.05, 4.69) is 28.1 Å². The van der Waals surface area contributed by atoms with Crippen molar-refractivity contribution in [3.63, 3.8) is 0 Å². The number of aliphatic hydroxyl groups is 1. The number of terminal acetylenes is 1. The predicted molar refractivity (Wildman–Crippen MR) is 88.0 cm³/mol. The molecule has 0 radical (unpaired) electrons. The largest absolute Gasteiger partial charge is 0.397 e. The van der Waals surface area contributed by atoms with Gasteiger partial charge in [0.25, 0.3) is 0 Å². The van der Waals surface area contributed by atoms with E-state index in [9.17, 15) is 0 Å². The van der Waals surface area contributed by atoms with Crippen molar-refractivity contribution in [2.75, 3.05) is 24.2 Å². The zero-order valence-electron chi connectivity index (χ0n) is 12.6. The van der Waals surface area contributed by atoms with Crippen LogP contribution < -0.4 is 11.1 Å². The van der Waals surface area contributed by atoms with Crippen LogP contribution in [0.2, 0.25) is 0 Å². The molecule has 0 aliphatic rings. The van der Waals surface area contributed by atoms with Gasteiger partial charge in [-0.1, -0.05) is 19.3 Å². The van der Waals surface area contributed by atoms with Crippen LogP contribution in [0.3, 0.4) is 0 Å². The van der Waals surface area contributed by atoms with E-state index in [0.717, 1.165) is 41.7 Å². The second-order valence-corrected chi connectivity index (χ2v) is 4.40. The van der Waals surface area contributed by atoms with Gasteiger partial charge in [0.15, 0.2) is 0 Å². The van der Waals surface area contributed by atoms with E-state index in [-0.39, 0.29) is 12.6 Å². The molecule has 0 amide bonds. The third-order valence-corrected chi connectivity index (χ3v) is 2.70. The van der Waals surface area contributed by atoms with Crippen molar-refractivity contribution in [3.05, 3.63) is 23.8 Å². The molecule has 1 aromatic heterocycles. The van der Waals surface area contributed by atoms with Crippen LogP contribution >= 0.6 is 0 Å². The first-order chi connectivity index (χ1) is 10.2. The maximum absolute atomic E-state index is 7.57. The number of nitrogens with two attached hydrogens (primary N) is 1. The van der Waals surface area contributed by atoms with E-state index < -0.39 is 0 Å². The van der Waals surface area contributed by atoms with Crippen molar-refractivity contribution < 1.29 is 5.11 Å². The maximum Gasteiger partial charge on any atom is 0.222 e. The summed E-state index contributed by atoms with van der Waals surface area (Å²) in [6.45, 7) is 4.94. The van der Waals surface area contributed by atoms with Gasteiger partial charge in [0.05, 0.1) is 5.52 Å². The summed E-state index contributed by atoms with van der Waals surface area (Å²) in [6.07, 6.45) is 7.62. The zero-order valence-corrected chi connectivity index (χ0v) is 12.6. The molecule has 1 heterocycles. The lowest BCUT2D eigenvalue weighted by molar-refractivity contribution is 0.318. The number of unbranched alkanes of at least 4 members (excludes halogenated alkanes) is 1. The van der Waals surface area contributed by atoms with Crippen LogP contribution in [0.25, 0.3) is 10.9 Å². The second-order valence-electron chi connectivity index (χ2n) is 4.40. The summed E-state index contributed by atoms with van der Waals surface area (Å²) >= 11 is 0. The predicted octanol–water partition coefficient (Wildman–Crippen LogP) is 2.40. The number of aromatic nitrogens is 2. The number of fused-ring (bicyclic) bond motifs is 1. The van der Waals surface area contributed by atoms with E-state index >= 15 is 0 Å². The van der Waals surface area contributed by atoms with Crippen molar-refractivity contribution >= 4 is 22.7 Å². The lowest BCUT2D eigenvalue weighted by atomic mass is 10.1. The summed E-state index contributed by atoms with van der Waals surface area (Å²) in [5.41, 5.74) is 7.32. The molecule has 5 nitrogen and oxygen atoms in total. The molecular weight excluding hydrogens is 264 g/mol. The Labute approximate surface area is 125 Å². The summed E-state index contributed by atoms with van der Waals surface area (Å²) < 4.78 is 0. The average Bonchev–Trinajstić information content (AvgIpc) is 2.47. The SMILES string of the molecule is C#Cc1ccc2nc(N)nc(NCCCC)c2c1.CCO. The van der Waals surface area contributed by atoms with Crippen LogP contribution in [0.4, 0.5) is 11.8 Å². The number of anilines is 2. The molecule has 4 N–H and O–H groups in total. The van der Waals surface area contributed by atoms with Gasteiger partial charge in [0.1, 0.15) is 5.82 Å². The minimum Gasteiger partial charge on any atom is -0.397 e. The summed E-state index contributed by atoms with van der Waals surface area (Å²) in [6, 6.07) is 5.63. The molecule has 0 unspecified atom stereocenters. The molecule has 112 valence electrons. The van der Waals surface area contributed by atoms with Gasteiger partial charge in [-0.3, -0.25) is 0 Å². The average molecular weight is 286 g/mol. The van der Waals surface area contributed by atoms with Crippen molar-refractivity contribution in [2.45, 2.75) is 26.7 Å². The summed E-state index contributed by atoms with van der Waals surface area (Å²) in [5, 5.41) is 11.8. The summed E-state index contributed by atoms with van der Waals surface area (Å²) in [4.78, 5) is 8.43. The highest BCUT2D eigenvalue weighted by Gasteiger charge is 2.06. The molecule has 2 aromatic rings. The number of hydrogen-bond donors (Lipinski definition) is 3. The minimum atomic E-state index is 0.250. The van der Waals surface area contributed by atoms with Gasteiger partial charge < -0.3 is 16.2 Å². The molecule has 0 fully saturated rings. The first kappa shape index (κ1) is 16.7. The fraction of sp³-hybridized carbons (Fsp3) is 0.375. The Kier molecular flexibility index (Phi) is 6.99. The first-order valence-electron chi connectivity index (χ1n) is 7.04. The number of nitrogens with zero attached hydrogens (tertiary/aromatic N) is 2. The zero-order chi connectivity index (χ0) is 15.7. The number of aliphatic hydroxyl groups excluding tert-OH is 1. The lowest BCUT2D eigenvalue weighted by Gasteiger charge is -2.09. The quantitative estimate of drug-likeness (QED) is 0.594. The van der Waals surface area contributed by atoms with Gasteiger partial charge in [-0.05, 0) is 31.5 Å². The Hall–Kier alpha value is -2.32. The number of hydrogen-bond acceptors (Lipinski definition) is 5. The first-order valence-corrected chi connectivity index (χ1v) is 7.04. The van der Waals surface area contributed by atoms with E-state index in [1.807, 2.05) is 18.2 Å². The molecule has 1 aromatic carbocycles. The molecule has 2 rings (SSSR count). The minimum absolute atomic E-state index is 0.250. The number of nitrogen functional groups attached to an aromatic ring is 1.